The molecule has 1 atom stereocenters. The Morgan fingerprint density at radius 3 is 2.57 bits per heavy atom. The SMILES string of the molecule is C/C=C1/SC(C)CN1C(=O)C(C)(C)C. The van der Waals surface area contributed by atoms with Gasteiger partial charge in [0.05, 0.1) is 5.03 Å². The Balaban J connectivity index is 2.83. The fourth-order valence-electron chi connectivity index (χ4n) is 1.47. The minimum atomic E-state index is -0.279. The van der Waals surface area contributed by atoms with Gasteiger partial charge in [0.15, 0.2) is 0 Å². The molecule has 0 aromatic rings. The van der Waals surface area contributed by atoms with E-state index in [2.05, 4.69) is 6.92 Å². The Morgan fingerprint density at radius 2 is 2.14 bits per heavy atom. The van der Waals surface area contributed by atoms with Gasteiger partial charge in [-0.15, -0.1) is 11.8 Å². The van der Waals surface area contributed by atoms with Crippen molar-refractivity contribution in [1.29, 1.82) is 0 Å². The minimum absolute atomic E-state index is 0.224. The maximum absolute atomic E-state index is 12.1. The van der Waals surface area contributed by atoms with Gasteiger partial charge in [0, 0.05) is 17.2 Å². The van der Waals surface area contributed by atoms with Crippen molar-refractivity contribution >= 4 is 17.7 Å². The van der Waals surface area contributed by atoms with Gasteiger partial charge in [-0.3, -0.25) is 4.79 Å². The molecule has 0 bridgehead atoms. The van der Waals surface area contributed by atoms with Crippen molar-refractivity contribution in [3.05, 3.63) is 11.1 Å². The highest BCUT2D eigenvalue weighted by atomic mass is 32.2. The second-order valence-electron chi connectivity index (χ2n) is 4.72. The van der Waals surface area contributed by atoms with Crippen molar-refractivity contribution in [3.63, 3.8) is 0 Å². The predicted octanol–water partition coefficient (Wildman–Crippen LogP) is 2.86. The largest absolute Gasteiger partial charge is 0.305 e. The number of carbonyl (C=O) groups excluding carboxylic acids is 1. The standard InChI is InChI=1S/C11H19NOS/c1-6-9-12(7-8(2)14-9)10(13)11(3,4)5/h6,8H,7H2,1-5H3/b9-6+. The molecule has 1 amide bonds. The molecule has 80 valence electrons. The molecule has 0 aromatic heterocycles. The molecular formula is C11H19NOS. The van der Waals surface area contributed by atoms with Crippen molar-refractivity contribution in [2.24, 2.45) is 5.41 Å². The molecule has 1 aliphatic rings. The molecule has 1 rings (SSSR count). The number of rotatable bonds is 0. The van der Waals surface area contributed by atoms with E-state index in [0.717, 1.165) is 11.6 Å². The fraction of sp³-hybridized carbons (Fsp3) is 0.727. The maximum atomic E-state index is 12.1. The van der Waals surface area contributed by atoms with E-state index in [1.165, 1.54) is 0 Å². The first-order chi connectivity index (χ1) is 6.36. The van der Waals surface area contributed by atoms with Crippen LogP contribution in [0.1, 0.15) is 34.6 Å². The lowest BCUT2D eigenvalue weighted by atomic mass is 9.95. The van der Waals surface area contributed by atoms with Crippen molar-refractivity contribution in [2.45, 2.75) is 39.9 Å². The zero-order valence-electron chi connectivity index (χ0n) is 9.63. The zero-order valence-corrected chi connectivity index (χ0v) is 10.4. The Hall–Kier alpha value is -0.440. The van der Waals surface area contributed by atoms with Gasteiger partial charge in [-0.05, 0) is 6.92 Å². The summed E-state index contributed by atoms with van der Waals surface area (Å²) in [6.45, 7) is 10.9. The summed E-state index contributed by atoms with van der Waals surface area (Å²) in [5.74, 6) is 0.224. The Morgan fingerprint density at radius 1 is 1.57 bits per heavy atom. The molecule has 0 radical (unpaired) electrons. The van der Waals surface area contributed by atoms with Gasteiger partial charge in [0.2, 0.25) is 5.91 Å². The zero-order chi connectivity index (χ0) is 10.9. The molecule has 0 spiro atoms. The van der Waals surface area contributed by atoms with E-state index in [1.54, 1.807) is 11.8 Å². The van der Waals surface area contributed by atoms with E-state index in [0.29, 0.717) is 5.25 Å². The van der Waals surface area contributed by atoms with Crippen LogP contribution in [0, 0.1) is 5.41 Å². The fourth-order valence-corrected chi connectivity index (χ4v) is 2.52. The first kappa shape index (κ1) is 11.6. The molecule has 1 saturated heterocycles. The lowest BCUT2D eigenvalue weighted by Crippen LogP contribution is -2.37. The second-order valence-corrected chi connectivity index (χ2v) is 6.18. The van der Waals surface area contributed by atoms with Gasteiger partial charge < -0.3 is 4.90 Å². The van der Waals surface area contributed by atoms with Crippen LogP contribution < -0.4 is 0 Å². The van der Waals surface area contributed by atoms with Gasteiger partial charge in [0.25, 0.3) is 0 Å². The summed E-state index contributed by atoms with van der Waals surface area (Å²) in [6.07, 6.45) is 2.03. The minimum Gasteiger partial charge on any atom is -0.305 e. The number of thioether (sulfide) groups is 1. The monoisotopic (exact) mass is 213 g/mol. The highest BCUT2D eigenvalue weighted by Gasteiger charge is 2.34. The van der Waals surface area contributed by atoms with Gasteiger partial charge in [0.1, 0.15) is 0 Å². The second kappa shape index (κ2) is 3.97. The Labute approximate surface area is 90.7 Å². The van der Waals surface area contributed by atoms with Crippen LogP contribution >= 0.6 is 11.8 Å². The highest BCUT2D eigenvalue weighted by molar-refractivity contribution is 8.03. The van der Waals surface area contributed by atoms with E-state index < -0.39 is 0 Å². The lowest BCUT2D eigenvalue weighted by Gasteiger charge is -2.25. The highest BCUT2D eigenvalue weighted by Crippen LogP contribution is 2.36. The van der Waals surface area contributed by atoms with Crippen LogP contribution in [0.3, 0.4) is 0 Å². The number of nitrogens with zero attached hydrogens (tertiary/aromatic N) is 1. The first-order valence-electron chi connectivity index (χ1n) is 5.01. The lowest BCUT2D eigenvalue weighted by molar-refractivity contribution is -0.136. The van der Waals surface area contributed by atoms with Crippen LogP contribution in [0.25, 0.3) is 0 Å². The van der Waals surface area contributed by atoms with Gasteiger partial charge in [-0.2, -0.15) is 0 Å². The smallest absolute Gasteiger partial charge is 0.232 e. The molecule has 14 heavy (non-hydrogen) atoms. The first-order valence-corrected chi connectivity index (χ1v) is 5.89. The number of carbonyl (C=O) groups is 1. The molecule has 1 heterocycles. The molecule has 0 aliphatic carbocycles. The van der Waals surface area contributed by atoms with E-state index in [4.69, 9.17) is 0 Å². The van der Waals surface area contributed by atoms with Crippen LogP contribution in [0.15, 0.2) is 11.1 Å². The number of hydrogen-bond acceptors (Lipinski definition) is 2. The summed E-state index contributed by atoms with van der Waals surface area (Å²) in [5, 5.41) is 1.63. The topological polar surface area (TPSA) is 20.3 Å². The molecule has 3 heteroatoms. The molecule has 1 unspecified atom stereocenters. The molecule has 0 saturated carbocycles. The molecule has 1 aliphatic heterocycles. The molecule has 0 aromatic carbocycles. The summed E-state index contributed by atoms with van der Waals surface area (Å²) >= 11 is 1.78. The summed E-state index contributed by atoms with van der Waals surface area (Å²) in [7, 11) is 0. The number of hydrogen-bond donors (Lipinski definition) is 0. The average molecular weight is 213 g/mol. The van der Waals surface area contributed by atoms with Crippen LogP contribution in [0.4, 0.5) is 0 Å². The molecule has 1 fully saturated rings. The van der Waals surface area contributed by atoms with Crippen molar-refractivity contribution in [2.75, 3.05) is 6.54 Å². The number of amides is 1. The average Bonchev–Trinajstić information content (AvgIpc) is 2.43. The van der Waals surface area contributed by atoms with Gasteiger partial charge in [-0.1, -0.05) is 33.8 Å². The normalized spacial score (nSPS) is 25.9. The van der Waals surface area contributed by atoms with Crippen molar-refractivity contribution < 1.29 is 4.79 Å². The maximum Gasteiger partial charge on any atom is 0.232 e. The molecular weight excluding hydrogens is 194 g/mol. The third kappa shape index (κ3) is 2.32. The Bertz CT molecular complexity index is 265. The summed E-state index contributed by atoms with van der Waals surface area (Å²) in [6, 6.07) is 0. The van der Waals surface area contributed by atoms with Crippen LogP contribution in [0.2, 0.25) is 0 Å². The summed E-state index contributed by atoms with van der Waals surface area (Å²) in [5.41, 5.74) is -0.279. The molecule has 2 nitrogen and oxygen atoms in total. The van der Waals surface area contributed by atoms with Crippen molar-refractivity contribution in [3.8, 4) is 0 Å². The number of allylic oxidation sites excluding steroid dienone is 1. The van der Waals surface area contributed by atoms with Crippen LogP contribution in [-0.4, -0.2) is 22.6 Å². The van der Waals surface area contributed by atoms with E-state index in [9.17, 15) is 4.79 Å². The quantitative estimate of drug-likeness (QED) is 0.616. The Kier molecular flexibility index (Phi) is 3.30. The van der Waals surface area contributed by atoms with E-state index in [-0.39, 0.29) is 11.3 Å². The third-order valence-corrected chi connectivity index (χ3v) is 3.41. The van der Waals surface area contributed by atoms with Gasteiger partial charge >= 0.3 is 0 Å². The third-order valence-electron chi connectivity index (χ3n) is 2.16. The van der Waals surface area contributed by atoms with Gasteiger partial charge in [-0.25, -0.2) is 0 Å². The predicted molar refractivity (Wildman–Crippen MR) is 62.0 cm³/mol. The summed E-state index contributed by atoms with van der Waals surface area (Å²) < 4.78 is 0. The summed E-state index contributed by atoms with van der Waals surface area (Å²) in [4.78, 5) is 14.0. The van der Waals surface area contributed by atoms with Crippen LogP contribution in [-0.2, 0) is 4.79 Å². The molecule has 0 N–H and O–H groups in total. The van der Waals surface area contributed by atoms with Crippen molar-refractivity contribution in [1.82, 2.24) is 4.90 Å². The van der Waals surface area contributed by atoms with E-state index >= 15 is 0 Å². The van der Waals surface area contributed by atoms with Crippen LogP contribution in [0.5, 0.6) is 0 Å². The van der Waals surface area contributed by atoms with E-state index in [1.807, 2.05) is 38.7 Å².